The number of benzene rings is 2. The molecule has 27 heavy (non-hydrogen) atoms. The highest BCUT2D eigenvalue weighted by Crippen LogP contribution is 2.26. The second kappa shape index (κ2) is 8.22. The normalized spacial score (nSPS) is 14.3. The predicted molar refractivity (Wildman–Crippen MR) is 106 cm³/mol. The zero-order valence-corrected chi connectivity index (χ0v) is 15.9. The van der Waals surface area contributed by atoms with Gasteiger partial charge in [0.05, 0.1) is 17.9 Å². The van der Waals surface area contributed by atoms with E-state index in [1.54, 1.807) is 12.1 Å². The van der Waals surface area contributed by atoms with Crippen LogP contribution in [-0.4, -0.2) is 42.5 Å². The molecule has 1 fully saturated rings. The number of nitrogens with zero attached hydrogens (tertiary/aromatic N) is 1. The molecule has 1 heterocycles. The molecule has 2 aromatic rings. The van der Waals surface area contributed by atoms with Crippen LogP contribution in [0.4, 0.5) is 11.4 Å². The fraction of sp³-hybridized carbons (Fsp3) is 0.333. The van der Waals surface area contributed by atoms with Crippen molar-refractivity contribution in [2.45, 2.75) is 26.9 Å². The Balaban J connectivity index is 1.49. The van der Waals surface area contributed by atoms with Crippen molar-refractivity contribution in [2.75, 3.05) is 30.3 Å². The number of anilines is 2. The molecule has 3 rings (SSSR count). The molecule has 2 N–H and O–H groups in total. The van der Waals surface area contributed by atoms with Gasteiger partial charge in [-0.2, -0.15) is 0 Å². The van der Waals surface area contributed by atoms with E-state index in [1.165, 1.54) is 6.92 Å². The maximum atomic E-state index is 12.3. The van der Waals surface area contributed by atoms with Crippen molar-refractivity contribution in [3.05, 3.63) is 53.6 Å². The lowest BCUT2D eigenvalue weighted by atomic mass is 10.1. The van der Waals surface area contributed by atoms with Gasteiger partial charge < -0.3 is 15.4 Å². The Kier molecular flexibility index (Phi) is 5.76. The van der Waals surface area contributed by atoms with E-state index in [2.05, 4.69) is 10.6 Å². The Morgan fingerprint density at radius 1 is 1.00 bits per heavy atom. The van der Waals surface area contributed by atoms with E-state index < -0.39 is 0 Å². The molecule has 6 heteroatoms. The van der Waals surface area contributed by atoms with E-state index >= 15 is 0 Å². The van der Waals surface area contributed by atoms with E-state index in [9.17, 15) is 9.59 Å². The molecule has 142 valence electrons. The number of nitrogens with one attached hydrogen (secondary N) is 2. The third-order valence-electron chi connectivity index (χ3n) is 4.50. The molecule has 0 radical (unpaired) electrons. The topological polar surface area (TPSA) is 70.7 Å². The first-order valence-corrected chi connectivity index (χ1v) is 9.04. The quantitative estimate of drug-likeness (QED) is 0.824. The molecule has 1 aliphatic heterocycles. The summed E-state index contributed by atoms with van der Waals surface area (Å²) in [7, 11) is 0. The smallest absolute Gasteiger partial charge is 0.238 e. The highest BCUT2D eigenvalue weighted by Gasteiger charge is 2.30. The van der Waals surface area contributed by atoms with Gasteiger partial charge in [0.25, 0.3) is 0 Å². The molecule has 0 atom stereocenters. The summed E-state index contributed by atoms with van der Waals surface area (Å²) in [6, 6.07) is 13.3. The van der Waals surface area contributed by atoms with E-state index in [0.29, 0.717) is 31.0 Å². The van der Waals surface area contributed by atoms with E-state index in [4.69, 9.17) is 4.74 Å². The van der Waals surface area contributed by atoms with Crippen molar-refractivity contribution in [1.29, 1.82) is 0 Å². The molecule has 0 saturated carbocycles. The van der Waals surface area contributed by atoms with Crippen LogP contribution in [0.1, 0.15) is 18.1 Å². The molecular formula is C21H25N3O3. The minimum Gasteiger partial charge on any atom is -0.487 e. The second-order valence-corrected chi connectivity index (χ2v) is 6.93. The van der Waals surface area contributed by atoms with Gasteiger partial charge in [0, 0.05) is 20.0 Å². The van der Waals surface area contributed by atoms with Crippen LogP contribution >= 0.6 is 0 Å². The first kappa shape index (κ1) is 18.9. The average Bonchev–Trinajstić information content (AvgIpc) is 2.57. The molecule has 6 nitrogen and oxygen atoms in total. The maximum absolute atomic E-state index is 12.3. The van der Waals surface area contributed by atoms with Crippen LogP contribution in [0.15, 0.2) is 42.5 Å². The third kappa shape index (κ3) is 4.86. The van der Waals surface area contributed by atoms with Crippen molar-refractivity contribution < 1.29 is 14.3 Å². The number of carbonyl (C=O) groups is 2. The fourth-order valence-corrected chi connectivity index (χ4v) is 3.16. The summed E-state index contributed by atoms with van der Waals surface area (Å²) in [5, 5.41) is 5.58. The minimum atomic E-state index is -0.175. The van der Waals surface area contributed by atoms with E-state index in [0.717, 1.165) is 16.9 Å². The van der Waals surface area contributed by atoms with Crippen LogP contribution in [0, 0.1) is 13.8 Å². The molecule has 1 aliphatic rings. The van der Waals surface area contributed by atoms with E-state index in [1.807, 2.05) is 49.1 Å². The van der Waals surface area contributed by atoms with Crippen molar-refractivity contribution in [3.63, 3.8) is 0 Å². The highest BCUT2D eigenvalue weighted by atomic mass is 16.5. The van der Waals surface area contributed by atoms with Crippen LogP contribution in [0.3, 0.4) is 0 Å². The van der Waals surface area contributed by atoms with Crippen molar-refractivity contribution in [1.82, 2.24) is 4.90 Å². The lowest BCUT2D eigenvalue weighted by Crippen LogP contribution is -2.55. The Bertz CT molecular complexity index is 824. The van der Waals surface area contributed by atoms with E-state index in [-0.39, 0.29) is 17.9 Å². The summed E-state index contributed by atoms with van der Waals surface area (Å²) in [6.45, 7) is 7.25. The first-order chi connectivity index (χ1) is 12.9. The number of carbonyl (C=O) groups excluding carboxylic acids is 2. The summed E-state index contributed by atoms with van der Waals surface area (Å²) in [5.74, 6) is 0.653. The van der Waals surface area contributed by atoms with Crippen LogP contribution in [0.2, 0.25) is 0 Å². The molecule has 0 bridgehead atoms. The minimum absolute atomic E-state index is 0.101. The molecule has 2 aromatic carbocycles. The van der Waals surface area contributed by atoms with Crippen LogP contribution in [0.25, 0.3) is 0 Å². The van der Waals surface area contributed by atoms with Gasteiger partial charge >= 0.3 is 0 Å². The van der Waals surface area contributed by atoms with Gasteiger partial charge in [-0.15, -0.1) is 0 Å². The number of aryl methyl sites for hydroxylation is 2. The lowest BCUT2D eigenvalue weighted by molar-refractivity contribution is -0.119. The lowest BCUT2D eigenvalue weighted by Gasteiger charge is -2.39. The van der Waals surface area contributed by atoms with Gasteiger partial charge in [-0.3, -0.25) is 14.5 Å². The first-order valence-electron chi connectivity index (χ1n) is 9.04. The Hall–Kier alpha value is -2.86. The standard InChI is InChI=1S/C21H25N3O3/c1-14-7-6-8-15(2)21(14)27-17-11-24(12-17)13-20(26)23-19-10-5-4-9-18(19)22-16(3)25/h4-10,17H,11-13H2,1-3H3,(H,22,25)(H,23,26). The number of ether oxygens (including phenoxy) is 1. The number of hydrogen-bond acceptors (Lipinski definition) is 4. The summed E-state index contributed by atoms with van der Waals surface area (Å²) in [5.41, 5.74) is 3.45. The predicted octanol–water partition coefficient (Wildman–Crippen LogP) is 2.96. The van der Waals surface area contributed by atoms with Crippen molar-refractivity contribution in [2.24, 2.45) is 0 Å². The number of para-hydroxylation sites is 3. The molecule has 0 unspecified atom stereocenters. The summed E-state index contributed by atoms with van der Waals surface area (Å²) >= 11 is 0. The molecule has 0 spiro atoms. The van der Waals surface area contributed by atoms with Gasteiger partial charge in [-0.25, -0.2) is 0 Å². The molecule has 0 aromatic heterocycles. The number of likely N-dealkylation sites (tertiary alicyclic amines) is 1. The fourth-order valence-electron chi connectivity index (χ4n) is 3.16. The monoisotopic (exact) mass is 367 g/mol. The summed E-state index contributed by atoms with van der Waals surface area (Å²) in [6.07, 6.45) is 0.101. The number of rotatable bonds is 6. The highest BCUT2D eigenvalue weighted by molar-refractivity contribution is 5.99. The third-order valence-corrected chi connectivity index (χ3v) is 4.50. The summed E-state index contributed by atoms with van der Waals surface area (Å²) in [4.78, 5) is 25.6. The van der Waals surface area contributed by atoms with Crippen LogP contribution in [0.5, 0.6) is 5.75 Å². The zero-order valence-electron chi connectivity index (χ0n) is 15.9. The van der Waals surface area contributed by atoms with Crippen molar-refractivity contribution in [3.8, 4) is 5.75 Å². The molecular weight excluding hydrogens is 342 g/mol. The van der Waals surface area contributed by atoms with Crippen LogP contribution < -0.4 is 15.4 Å². The SMILES string of the molecule is CC(=O)Nc1ccccc1NC(=O)CN1CC(Oc2c(C)cccc2C)C1. The maximum Gasteiger partial charge on any atom is 0.238 e. The van der Waals surface area contributed by atoms with Crippen molar-refractivity contribution >= 4 is 23.2 Å². The van der Waals surface area contributed by atoms with Gasteiger partial charge in [0.1, 0.15) is 11.9 Å². The number of hydrogen-bond donors (Lipinski definition) is 2. The number of amides is 2. The molecule has 1 saturated heterocycles. The van der Waals surface area contributed by atoms with Gasteiger partial charge in [-0.1, -0.05) is 30.3 Å². The Morgan fingerprint density at radius 3 is 2.19 bits per heavy atom. The zero-order chi connectivity index (χ0) is 19.4. The Morgan fingerprint density at radius 2 is 1.59 bits per heavy atom. The van der Waals surface area contributed by atoms with Gasteiger partial charge in [0.15, 0.2) is 0 Å². The van der Waals surface area contributed by atoms with Gasteiger partial charge in [0.2, 0.25) is 11.8 Å². The molecule has 0 aliphatic carbocycles. The largest absolute Gasteiger partial charge is 0.487 e. The second-order valence-electron chi connectivity index (χ2n) is 6.93. The summed E-state index contributed by atoms with van der Waals surface area (Å²) < 4.78 is 6.08. The average molecular weight is 367 g/mol. The molecule has 2 amide bonds. The van der Waals surface area contributed by atoms with Gasteiger partial charge in [-0.05, 0) is 37.1 Å². The Labute approximate surface area is 159 Å². The van der Waals surface area contributed by atoms with Crippen LogP contribution in [-0.2, 0) is 9.59 Å².